The van der Waals surface area contributed by atoms with Crippen LogP contribution < -0.4 is 16.0 Å². The van der Waals surface area contributed by atoms with E-state index in [4.69, 9.17) is 4.74 Å². The number of ether oxygens (including phenoxy) is 1. The quantitative estimate of drug-likeness (QED) is 0.345. The summed E-state index contributed by atoms with van der Waals surface area (Å²) in [6.45, 7) is 6.59. The zero-order valence-corrected chi connectivity index (χ0v) is 14.3. The number of carbonyl (C=O) groups is 1. The Bertz CT molecular complexity index is 476. The highest BCUT2D eigenvalue weighted by Crippen LogP contribution is 2.10. The highest BCUT2D eigenvalue weighted by Gasteiger charge is 2.03. The Hall–Kier alpha value is -1.67. The van der Waals surface area contributed by atoms with Gasteiger partial charge in [-0.25, -0.2) is 9.98 Å². The van der Waals surface area contributed by atoms with Crippen LogP contribution in [0.4, 0.5) is 0 Å². The van der Waals surface area contributed by atoms with E-state index in [-0.39, 0.29) is 12.5 Å². The maximum Gasteiger partial charge on any atom is 0.241 e. The SMILES string of the molecule is CCNC(=NCC(=O)NCCOC)NCCc1ncc(C)s1. The molecule has 0 aromatic carbocycles. The molecular formula is C14H25N5O2S. The van der Waals surface area contributed by atoms with Crippen LogP contribution in [0.5, 0.6) is 0 Å². The molecule has 1 aromatic heterocycles. The average Bonchev–Trinajstić information content (AvgIpc) is 2.90. The molecule has 1 rings (SSSR count). The molecule has 0 aliphatic rings. The third kappa shape index (κ3) is 7.94. The van der Waals surface area contributed by atoms with Gasteiger partial charge in [-0.2, -0.15) is 0 Å². The van der Waals surface area contributed by atoms with Crippen LogP contribution in [0.1, 0.15) is 16.8 Å². The van der Waals surface area contributed by atoms with Crippen LogP contribution in [0.25, 0.3) is 0 Å². The first-order chi connectivity index (χ1) is 10.7. The second-order valence-corrected chi connectivity index (χ2v) is 5.90. The molecule has 0 saturated heterocycles. The molecule has 22 heavy (non-hydrogen) atoms. The molecule has 1 heterocycles. The number of carbonyl (C=O) groups excluding carboxylic acids is 1. The van der Waals surface area contributed by atoms with Crippen molar-refractivity contribution in [2.75, 3.05) is 39.9 Å². The number of aliphatic imine (C=N–C) groups is 1. The third-order valence-corrected chi connectivity index (χ3v) is 3.63. The molecule has 0 saturated carbocycles. The second kappa shape index (κ2) is 11.0. The highest BCUT2D eigenvalue weighted by atomic mass is 32.1. The number of rotatable bonds is 9. The molecule has 0 aliphatic carbocycles. The first-order valence-corrected chi connectivity index (χ1v) is 8.16. The molecule has 0 spiro atoms. The van der Waals surface area contributed by atoms with Gasteiger partial charge in [-0.1, -0.05) is 0 Å². The predicted molar refractivity (Wildman–Crippen MR) is 89.4 cm³/mol. The number of hydrogen-bond acceptors (Lipinski definition) is 5. The molecule has 0 radical (unpaired) electrons. The summed E-state index contributed by atoms with van der Waals surface area (Å²) in [5.41, 5.74) is 0. The lowest BCUT2D eigenvalue weighted by atomic mass is 10.4. The molecule has 124 valence electrons. The van der Waals surface area contributed by atoms with E-state index in [1.54, 1.807) is 18.4 Å². The lowest BCUT2D eigenvalue weighted by Crippen LogP contribution is -2.39. The summed E-state index contributed by atoms with van der Waals surface area (Å²) in [7, 11) is 1.60. The number of nitrogens with zero attached hydrogens (tertiary/aromatic N) is 2. The Morgan fingerprint density at radius 3 is 2.82 bits per heavy atom. The van der Waals surface area contributed by atoms with Crippen LogP contribution in [0.15, 0.2) is 11.2 Å². The van der Waals surface area contributed by atoms with Gasteiger partial charge in [0.1, 0.15) is 6.54 Å². The molecule has 0 bridgehead atoms. The number of aryl methyl sites for hydroxylation is 1. The fraction of sp³-hybridized carbons (Fsp3) is 0.643. The van der Waals surface area contributed by atoms with Gasteiger partial charge < -0.3 is 20.7 Å². The van der Waals surface area contributed by atoms with Gasteiger partial charge in [0.15, 0.2) is 5.96 Å². The number of thiazole rings is 1. The van der Waals surface area contributed by atoms with Gasteiger partial charge in [0, 0.05) is 44.2 Å². The second-order valence-electron chi connectivity index (χ2n) is 4.58. The summed E-state index contributed by atoms with van der Waals surface area (Å²) in [5.74, 6) is 0.516. The van der Waals surface area contributed by atoms with E-state index in [0.717, 1.165) is 24.5 Å². The Labute approximate surface area is 135 Å². The van der Waals surface area contributed by atoms with Crippen molar-refractivity contribution in [3.8, 4) is 0 Å². The minimum Gasteiger partial charge on any atom is -0.383 e. The zero-order valence-electron chi connectivity index (χ0n) is 13.4. The van der Waals surface area contributed by atoms with Crippen LogP contribution in [0.3, 0.4) is 0 Å². The van der Waals surface area contributed by atoms with E-state index >= 15 is 0 Å². The molecule has 1 amide bonds. The van der Waals surface area contributed by atoms with Crippen LogP contribution >= 0.6 is 11.3 Å². The summed E-state index contributed by atoms with van der Waals surface area (Å²) < 4.78 is 4.87. The van der Waals surface area contributed by atoms with Crippen molar-refractivity contribution in [1.29, 1.82) is 0 Å². The van der Waals surface area contributed by atoms with Crippen LogP contribution in [0.2, 0.25) is 0 Å². The lowest BCUT2D eigenvalue weighted by Gasteiger charge is -2.10. The summed E-state index contributed by atoms with van der Waals surface area (Å²) in [6.07, 6.45) is 2.71. The van der Waals surface area contributed by atoms with Gasteiger partial charge in [-0.05, 0) is 13.8 Å². The zero-order chi connectivity index (χ0) is 16.2. The van der Waals surface area contributed by atoms with Gasteiger partial charge in [-0.15, -0.1) is 11.3 Å². The molecule has 3 N–H and O–H groups in total. The highest BCUT2D eigenvalue weighted by molar-refractivity contribution is 7.11. The van der Waals surface area contributed by atoms with E-state index in [1.165, 1.54) is 4.88 Å². The van der Waals surface area contributed by atoms with E-state index in [0.29, 0.717) is 19.1 Å². The Morgan fingerprint density at radius 1 is 1.36 bits per heavy atom. The monoisotopic (exact) mass is 327 g/mol. The first kappa shape index (κ1) is 18.4. The van der Waals surface area contributed by atoms with Gasteiger partial charge in [-0.3, -0.25) is 4.79 Å². The number of aromatic nitrogens is 1. The maximum atomic E-state index is 11.6. The Balaban J connectivity index is 2.33. The lowest BCUT2D eigenvalue weighted by molar-refractivity contribution is -0.119. The molecule has 0 unspecified atom stereocenters. The summed E-state index contributed by atoms with van der Waals surface area (Å²) in [6, 6.07) is 0. The third-order valence-electron chi connectivity index (χ3n) is 2.65. The number of methoxy groups -OCH3 is 1. The van der Waals surface area contributed by atoms with E-state index < -0.39 is 0 Å². The van der Waals surface area contributed by atoms with Crippen LogP contribution in [-0.2, 0) is 16.0 Å². The fourth-order valence-corrected chi connectivity index (χ4v) is 2.43. The van der Waals surface area contributed by atoms with Gasteiger partial charge in [0.05, 0.1) is 11.6 Å². The summed E-state index contributed by atoms with van der Waals surface area (Å²) in [5, 5.41) is 10.1. The molecule has 7 nitrogen and oxygen atoms in total. The topological polar surface area (TPSA) is 87.6 Å². The van der Waals surface area contributed by atoms with Crippen molar-refractivity contribution < 1.29 is 9.53 Å². The van der Waals surface area contributed by atoms with Crippen LogP contribution in [0, 0.1) is 6.92 Å². The van der Waals surface area contributed by atoms with Crippen molar-refractivity contribution in [3.05, 3.63) is 16.1 Å². The molecule has 0 atom stereocenters. The van der Waals surface area contributed by atoms with Gasteiger partial charge in [0.25, 0.3) is 0 Å². The number of nitrogens with one attached hydrogen (secondary N) is 3. The average molecular weight is 327 g/mol. The minimum atomic E-state index is -0.121. The van der Waals surface area contributed by atoms with Crippen molar-refractivity contribution in [2.45, 2.75) is 20.3 Å². The smallest absolute Gasteiger partial charge is 0.241 e. The number of amides is 1. The largest absolute Gasteiger partial charge is 0.383 e. The van der Waals surface area contributed by atoms with E-state index in [9.17, 15) is 4.79 Å². The van der Waals surface area contributed by atoms with Crippen molar-refractivity contribution in [1.82, 2.24) is 20.9 Å². The number of hydrogen-bond donors (Lipinski definition) is 3. The normalized spacial score (nSPS) is 11.3. The standard InChI is InChI=1S/C14H25N5O2S/c1-4-15-14(19-10-12(20)16-7-8-21-3)17-6-5-13-18-9-11(2)22-13/h9H,4-8,10H2,1-3H3,(H,16,20)(H2,15,17,19). The Kier molecular flexibility index (Phi) is 9.17. The van der Waals surface area contributed by atoms with Crippen LogP contribution in [-0.4, -0.2) is 56.7 Å². The minimum absolute atomic E-state index is 0.0927. The first-order valence-electron chi connectivity index (χ1n) is 7.34. The van der Waals surface area contributed by atoms with E-state index in [2.05, 4.69) is 25.9 Å². The molecular weight excluding hydrogens is 302 g/mol. The van der Waals surface area contributed by atoms with Gasteiger partial charge >= 0.3 is 0 Å². The Morgan fingerprint density at radius 2 is 2.18 bits per heavy atom. The molecule has 0 aliphatic heterocycles. The molecule has 1 aromatic rings. The van der Waals surface area contributed by atoms with Crippen molar-refractivity contribution >= 4 is 23.2 Å². The maximum absolute atomic E-state index is 11.6. The van der Waals surface area contributed by atoms with E-state index in [1.807, 2.05) is 20.0 Å². The predicted octanol–water partition coefficient (Wildman–Crippen LogP) is 0.312. The summed E-state index contributed by atoms with van der Waals surface area (Å²) >= 11 is 1.69. The number of guanidine groups is 1. The molecule has 0 fully saturated rings. The molecule has 8 heteroatoms. The summed E-state index contributed by atoms with van der Waals surface area (Å²) in [4.78, 5) is 21.4. The van der Waals surface area contributed by atoms with Crippen molar-refractivity contribution in [2.24, 2.45) is 4.99 Å². The van der Waals surface area contributed by atoms with Crippen molar-refractivity contribution in [3.63, 3.8) is 0 Å². The van der Waals surface area contributed by atoms with Gasteiger partial charge in [0.2, 0.25) is 5.91 Å². The fourth-order valence-electron chi connectivity index (χ4n) is 1.65.